The van der Waals surface area contributed by atoms with Crippen LogP contribution in [0.25, 0.3) is 0 Å². The van der Waals surface area contributed by atoms with Gasteiger partial charge in [-0.25, -0.2) is 0 Å². The fraction of sp³-hybridized carbons (Fsp3) is 0.636. The fourth-order valence-electron chi connectivity index (χ4n) is 1.89. The Balaban J connectivity index is 2.10. The highest BCUT2D eigenvalue weighted by molar-refractivity contribution is 5.07. The molecular weight excluding hydrogens is 164 g/mol. The number of allylic oxidation sites excluding steroid dienone is 2. The molecule has 1 heterocycles. The molecule has 1 fully saturated rings. The monoisotopic (exact) mass is 180 g/mol. The van der Waals surface area contributed by atoms with Crippen molar-refractivity contribution in [1.82, 2.24) is 0 Å². The van der Waals surface area contributed by atoms with Crippen LogP contribution in [-0.4, -0.2) is 18.0 Å². The Morgan fingerprint density at radius 1 is 1.00 bits per heavy atom. The molecule has 2 rings (SSSR count). The molecule has 0 bridgehead atoms. The summed E-state index contributed by atoms with van der Waals surface area (Å²) in [4.78, 5) is 0. The van der Waals surface area contributed by atoms with Crippen molar-refractivity contribution in [3.8, 4) is 0 Å². The Morgan fingerprint density at radius 3 is 1.92 bits per heavy atom. The van der Waals surface area contributed by atoms with Crippen LogP contribution in [0.2, 0.25) is 0 Å². The van der Waals surface area contributed by atoms with Crippen molar-refractivity contribution in [2.24, 2.45) is 0 Å². The second-order valence-corrected chi connectivity index (χ2v) is 4.04. The lowest BCUT2D eigenvalue weighted by atomic mass is 10.1. The fourth-order valence-corrected chi connectivity index (χ4v) is 1.89. The zero-order chi connectivity index (χ0) is 9.31. The quantitative estimate of drug-likeness (QED) is 0.570. The van der Waals surface area contributed by atoms with E-state index in [4.69, 9.17) is 9.47 Å². The Hall–Kier alpha value is -0.600. The Bertz CT molecular complexity index is 216. The Morgan fingerprint density at radius 2 is 1.46 bits per heavy atom. The molecule has 0 spiro atoms. The molecule has 0 amide bonds. The highest BCUT2D eigenvalue weighted by Crippen LogP contribution is 2.32. The number of hydrogen-bond donors (Lipinski definition) is 0. The van der Waals surface area contributed by atoms with Gasteiger partial charge in [0.2, 0.25) is 0 Å². The lowest BCUT2D eigenvalue weighted by Gasteiger charge is -2.16. The van der Waals surface area contributed by atoms with Gasteiger partial charge in [0.05, 0.1) is 12.2 Å². The van der Waals surface area contributed by atoms with Crippen molar-refractivity contribution in [2.45, 2.75) is 44.7 Å². The van der Waals surface area contributed by atoms with Gasteiger partial charge in [0.1, 0.15) is 0 Å². The normalized spacial score (nSPS) is 41.7. The maximum Gasteiger partial charge on any atom is 0.163 e. The van der Waals surface area contributed by atoms with E-state index in [9.17, 15) is 0 Å². The van der Waals surface area contributed by atoms with Gasteiger partial charge in [-0.2, -0.15) is 0 Å². The predicted octanol–water partition coefficient (Wildman–Crippen LogP) is 2.41. The first-order chi connectivity index (χ1) is 6.17. The van der Waals surface area contributed by atoms with Crippen LogP contribution < -0.4 is 0 Å². The first-order valence-electron chi connectivity index (χ1n) is 4.85. The summed E-state index contributed by atoms with van der Waals surface area (Å²) in [5.41, 5.74) is 0. The van der Waals surface area contributed by atoms with Gasteiger partial charge in [-0.3, -0.25) is 0 Å². The molecule has 13 heavy (non-hydrogen) atoms. The summed E-state index contributed by atoms with van der Waals surface area (Å²) in [5.74, 6) is -0.401. The van der Waals surface area contributed by atoms with Crippen molar-refractivity contribution >= 4 is 0 Å². The standard InChI is InChI=1S/C11H16O2/c1-11(2)12-9-7-5-3-4-6-8-10(9)13-11/h3-6,9-10H,7-8H2,1-2H3/b5-3-,6-4-/t9-,10+. The molecule has 0 saturated carbocycles. The molecule has 0 aromatic carbocycles. The van der Waals surface area contributed by atoms with E-state index < -0.39 is 5.79 Å². The van der Waals surface area contributed by atoms with Crippen LogP contribution in [0.4, 0.5) is 0 Å². The topological polar surface area (TPSA) is 18.5 Å². The molecule has 2 nitrogen and oxygen atoms in total. The van der Waals surface area contributed by atoms with E-state index in [1.165, 1.54) is 0 Å². The molecule has 0 N–H and O–H groups in total. The van der Waals surface area contributed by atoms with Crippen molar-refractivity contribution in [1.29, 1.82) is 0 Å². The van der Waals surface area contributed by atoms with E-state index in [1.54, 1.807) is 0 Å². The first-order valence-corrected chi connectivity index (χ1v) is 4.85. The van der Waals surface area contributed by atoms with Gasteiger partial charge in [0.15, 0.2) is 5.79 Å². The Kier molecular flexibility index (Phi) is 2.26. The van der Waals surface area contributed by atoms with Crippen LogP contribution in [0.15, 0.2) is 24.3 Å². The zero-order valence-corrected chi connectivity index (χ0v) is 8.19. The van der Waals surface area contributed by atoms with E-state index in [-0.39, 0.29) is 12.2 Å². The molecule has 0 aromatic heterocycles. The van der Waals surface area contributed by atoms with Crippen molar-refractivity contribution in [3.05, 3.63) is 24.3 Å². The summed E-state index contributed by atoms with van der Waals surface area (Å²) in [6.45, 7) is 3.96. The van der Waals surface area contributed by atoms with Gasteiger partial charge in [-0.1, -0.05) is 24.3 Å². The molecule has 1 saturated heterocycles. The summed E-state index contributed by atoms with van der Waals surface area (Å²) >= 11 is 0. The second-order valence-electron chi connectivity index (χ2n) is 4.04. The average molecular weight is 180 g/mol. The zero-order valence-electron chi connectivity index (χ0n) is 8.19. The van der Waals surface area contributed by atoms with Crippen LogP contribution in [0.1, 0.15) is 26.7 Å². The second kappa shape index (κ2) is 3.28. The SMILES string of the molecule is CC1(C)O[C@H]2C/C=C\C=C/C[C@H]2O1. The maximum absolute atomic E-state index is 5.78. The van der Waals surface area contributed by atoms with Crippen LogP contribution in [0.3, 0.4) is 0 Å². The van der Waals surface area contributed by atoms with Crippen molar-refractivity contribution in [2.75, 3.05) is 0 Å². The summed E-state index contributed by atoms with van der Waals surface area (Å²) in [6.07, 6.45) is 10.8. The van der Waals surface area contributed by atoms with Crippen molar-refractivity contribution in [3.63, 3.8) is 0 Å². The van der Waals surface area contributed by atoms with E-state index in [0.717, 1.165) is 12.8 Å². The minimum absolute atomic E-state index is 0.233. The minimum atomic E-state index is -0.401. The third-order valence-corrected chi connectivity index (χ3v) is 2.41. The first kappa shape index (κ1) is 8.97. The van der Waals surface area contributed by atoms with Crippen LogP contribution in [-0.2, 0) is 9.47 Å². The lowest BCUT2D eigenvalue weighted by molar-refractivity contribution is -0.145. The summed E-state index contributed by atoms with van der Waals surface area (Å²) in [6, 6.07) is 0. The summed E-state index contributed by atoms with van der Waals surface area (Å²) in [7, 11) is 0. The van der Waals surface area contributed by atoms with E-state index in [1.807, 2.05) is 13.8 Å². The van der Waals surface area contributed by atoms with E-state index >= 15 is 0 Å². The smallest absolute Gasteiger partial charge is 0.163 e. The summed E-state index contributed by atoms with van der Waals surface area (Å²) in [5, 5.41) is 0. The number of ether oxygens (including phenoxy) is 2. The molecule has 1 aliphatic heterocycles. The van der Waals surface area contributed by atoms with Crippen LogP contribution >= 0.6 is 0 Å². The molecule has 2 heteroatoms. The maximum atomic E-state index is 5.78. The highest BCUT2D eigenvalue weighted by atomic mass is 16.7. The van der Waals surface area contributed by atoms with Gasteiger partial charge in [-0.05, 0) is 26.7 Å². The highest BCUT2D eigenvalue weighted by Gasteiger charge is 2.39. The predicted molar refractivity (Wildman–Crippen MR) is 51.3 cm³/mol. The number of rotatable bonds is 0. The largest absolute Gasteiger partial charge is 0.344 e. The van der Waals surface area contributed by atoms with Crippen molar-refractivity contribution < 1.29 is 9.47 Å². The molecule has 1 aliphatic carbocycles. The van der Waals surface area contributed by atoms with Gasteiger partial charge >= 0.3 is 0 Å². The van der Waals surface area contributed by atoms with Gasteiger partial charge in [-0.15, -0.1) is 0 Å². The molecule has 0 radical (unpaired) electrons. The molecule has 2 aliphatic rings. The van der Waals surface area contributed by atoms with E-state index in [2.05, 4.69) is 24.3 Å². The van der Waals surface area contributed by atoms with Crippen LogP contribution in [0.5, 0.6) is 0 Å². The third-order valence-electron chi connectivity index (χ3n) is 2.41. The minimum Gasteiger partial charge on any atom is -0.344 e. The molecule has 72 valence electrons. The van der Waals surface area contributed by atoms with Gasteiger partial charge in [0, 0.05) is 0 Å². The molecule has 0 unspecified atom stereocenters. The van der Waals surface area contributed by atoms with E-state index in [0.29, 0.717) is 0 Å². The molecule has 0 aromatic rings. The Labute approximate surface area is 79.2 Å². The third kappa shape index (κ3) is 2.01. The number of hydrogen-bond acceptors (Lipinski definition) is 2. The van der Waals surface area contributed by atoms with Gasteiger partial charge in [0.25, 0.3) is 0 Å². The lowest BCUT2D eigenvalue weighted by Crippen LogP contribution is -2.21. The molecule has 2 atom stereocenters. The molecular formula is C11H16O2. The summed E-state index contributed by atoms with van der Waals surface area (Å²) < 4.78 is 11.6. The van der Waals surface area contributed by atoms with Crippen LogP contribution in [0, 0.1) is 0 Å². The average Bonchev–Trinajstić information content (AvgIpc) is 2.27. The number of fused-ring (bicyclic) bond motifs is 1. The van der Waals surface area contributed by atoms with Gasteiger partial charge < -0.3 is 9.47 Å².